The lowest BCUT2D eigenvalue weighted by Crippen LogP contribution is -2.50. The standard InChI is InChI=1S/C29H37ClN2O5/c1-17(2)37-26-16-24-20(14-25(26)36-4)15-28(35)32(29(24)19-5-7-21(30)8-6-19)23-11-9-22(10-12-23)31-27(34)13-18(3)33/h5-8,14,16-18,22-23,29,33H,9-13,15H2,1-4H3,(H,31,34). The van der Waals surface area contributed by atoms with Crippen molar-refractivity contribution in [1.82, 2.24) is 10.2 Å². The molecule has 0 bridgehead atoms. The average Bonchev–Trinajstić information content (AvgIpc) is 2.83. The maximum absolute atomic E-state index is 13.7. The number of aliphatic hydroxyl groups is 1. The SMILES string of the molecule is COc1cc2c(cc1OC(C)C)C(c1ccc(Cl)cc1)N(C1CCC(NC(=O)CC(C)O)CC1)C(=O)C2. The first-order chi connectivity index (χ1) is 17.7. The molecule has 2 N–H and O–H groups in total. The lowest BCUT2D eigenvalue weighted by molar-refractivity contribution is -0.137. The quantitative estimate of drug-likeness (QED) is 0.513. The zero-order valence-electron chi connectivity index (χ0n) is 22.0. The fourth-order valence-corrected chi connectivity index (χ4v) is 5.66. The van der Waals surface area contributed by atoms with Crippen LogP contribution in [0.1, 0.15) is 75.6 Å². The van der Waals surface area contributed by atoms with Crippen LogP contribution in [0, 0.1) is 0 Å². The topological polar surface area (TPSA) is 88.1 Å². The van der Waals surface area contributed by atoms with Crippen LogP contribution in [0.5, 0.6) is 11.5 Å². The number of nitrogens with zero attached hydrogens (tertiary/aromatic N) is 1. The van der Waals surface area contributed by atoms with Crippen LogP contribution in [0.15, 0.2) is 36.4 Å². The molecule has 8 heteroatoms. The smallest absolute Gasteiger partial charge is 0.228 e. The van der Waals surface area contributed by atoms with Gasteiger partial charge in [0.15, 0.2) is 11.5 Å². The van der Waals surface area contributed by atoms with E-state index in [1.165, 1.54) is 0 Å². The summed E-state index contributed by atoms with van der Waals surface area (Å²) in [5.74, 6) is 1.23. The summed E-state index contributed by atoms with van der Waals surface area (Å²) >= 11 is 6.21. The van der Waals surface area contributed by atoms with Gasteiger partial charge >= 0.3 is 0 Å². The first kappa shape index (κ1) is 27.3. The van der Waals surface area contributed by atoms with Gasteiger partial charge in [0.05, 0.1) is 38.2 Å². The average molecular weight is 529 g/mol. The maximum atomic E-state index is 13.7. The highest BCUT2D eigenvalue weighted by Crippen LogP contribution is 2.44. The Hall–Kier alpha value is -2.77. The van der Waals surface area contributed by atoms with Crippen LogP contribution in [0.25, 0.3) is 0 Å². The van der Waals surface area contributed by atoms with Crippen LogP contribution in [-0.4, -0.2) is 53.2 Å². The van der Waals surface area contributed by atoms with Crippen molar-refractivity contribution in [1.29, 1.82) is 0 Å². The van der Waals surface area contributed by atoms with E-state index in [4.69, 9.17) is 21.1 Å². The van der Waals surface area contributed by atoms with E-state index < -0.39 is 6.10 Å². The molecule has 0 spiro atoms. The van der Waals surface area contributed by atoms with Crippen molar-refractivity contribution in [2.45, 2.75) is 89.6 Å². The molecule has 1 fully saturated rings. The Morgan fingerprint density at radius 3 is 2.38 bits per heavy atom. The highest BCUT2D eigenvalue weighted by atomic mass is 35.5. The first-order valence-electron chi connectivity index (χ1n) is 13.1. The van der Waals surface area contributed by atoms with E-state index in [1.807, 2.05) is 55.1 Å². The number of fused-ring (bicyclic) bond motifs is 1. The fourth-order valence-electron chi connectivity index (χ4n) is 5.53. The van der Waals surface area contributed by atoms with Crippen molar-refractivity contribution in [3.05, 3.63) is 58.1 Å². The zero-order valence-corrected chi connectivity index (χ0v) is 22.8. The van der Waals surface area contributed by atoms with Gasteiger partial charge in [-0.1, -0.05) is 23.7 Å². The Morgan fingerprint density at radius 1 is 1.11 bits per heavy atom. The Labute approximate surface area is 224 Å². The van der Waals surface area contributed by atoms with E-state index in [9.17, 15) is 14.7 Å². The van der Waals surface area contributed by atoms with E-state index in [-0.39, 0.29) is 42.5 Å². The van der Waals surface area contributed by atoms with Gasteiger partial charge in [-0.3, -0.25) is 9.59 Å². The number of ether oxygens (including phenoxy) is 2. The van der Waals surface area contributed by atoms with E-state index in [0.29, 0.717) is 22.9 Å². The number of amides is 2. The van der Waals surface area contributed by atoms with Crippen molar-refractivity contribution < 1.29 is 24.2 Å². The number of methoxy groups -OCH3 is 1. The van der Waals surface area contributed by atoms with Crippen LogP contribution in [0.2, 0.25) is 5.02 Å². The number of benzene rings is 2. The minimum Gasteiger partial charge on any atom is -0.493 e. The number of carbonyl (C=O) groups is 2. The minimum atomic E-state index is -0.661. The molecule has 2 atom stereocenters. The zero-order chi connectivity index (χ0) is 26.7. The van der Waals surface area contributed by atoms with Gasteiger partial charge in [0.1, 0.15) is 0 Å². The summed E-state index contributed by atoms with van der Waals surface area (Å²) in [6, 6.07) is 11.5. The molecule has 0 saturated heterocycles. The summed E-state index contributed by atoms with van der Waals surface area (Å²) < 4.78 is 11.7. The molecule has 1 heterocycles. The largest absolute Gasteiger partial charge is 0.493 e. The van der Waals surface area contributed by atoms with Crippen LogP contribution in [-0.2, 0) is 16.0 Å². The highest BCUT2D eigenvalue weighted by Gasteiger charge is 2.40. The Balaban J connectivity index is 1.65. The summed E-state index contributed by atoms with van der Waals surface area (Å²) in [5.41, 5.74) is 2.96. The van der Waals surface area contributed by atoms with Gasteiger partial charge in [-0.05, 0) is 87.4 Å². The molecule has 4 rings (SSSR count). The second-order valence-corrected chi connectivity index (χ2v) is 10.9. The number of aliphatic hydroxyl groups excluding tert-OH is 1. The van der Waals surface area contributed by atoms with Gasteiger partial charge in [0, 0.05) is 17.1 Å². The summed E-state index contributed by atoms with van der Waals surface area (Å²) in [5, 5.41) is 13.2. The van der Waals surface area contributed by atoms with Gasteiger partial charge in [-0.15, -0.1) is 0 Å². The molecule has 1 aliphatic heterocycles. The Bertz CT molecular complexity index is 1110. The van der Waals surface area contributed by atoms with Crippen LogP contribution in [0.3, 0.4) is 0 Å². The monoisotopic (exact) mass is 528 g/mol. The Kier molecular flexibility index (Phi) is 8.65. The van der Waals surface area contributed by atoms with E-state index in [2.05, 4.69) is 5.32 Å². The molecular weight excluding hydrogens is 492 g/mol. The van der Waals surface area contributed by atoms with Crippen LogP contribution < -0.4 is 14.8 Å². The lowest BCUT2D eigenvalue weighted by atomic mass is 9.82. The molecule has 7 nitrogen and oxygen atoms in total. The number of halogens is 1. The summed E-state index contributed by atoms with van der Waals surface area (Å²) in [6.07, 6.45) is 2.85. The fraction of sp³-hybridized carbons (Fsp3) is 0.517. The number of rotatable bonds is 8. The molecule has 2 aromatic rings. The third-order valence-electron chi connectivity index (χ3n) is 7.11. The van der Waals surface area contributed by atoms with Crippen molar-refractivity contribution in [3.63, 3.8) is 0 Å². The normalized spacial score (nSPS) is 22.4. The lowest BCUT2D eigenvalue weighted by Gasteiger charge is -2.45. The van der Waals surface area contributed by atoms with Gasteiger partial charge in [-0.2, -0.15) is 0 Å². The molecular formula is C29H37ClN2O5. The third kappa shape index (κ3) is 6.39. The molecule has 200 valence electrons. The first-order valence-corrected chi connectivity index (χ1v) is 13.5. The maximum Gasteiger partial charge on any atom is 0.228 e. The van der Waals surface area contributed by atoms with E-state index >= 15 is 0 Å². The van der Waals surface area contributed by atoms with Crippen LogP contribution >= 0.6 is 11.6 Å². The molecule has 2 aliphatic rings. The van der Waals surface area contributed by atoms with Gasteiger partial charge in [-0.25, -0.2) is 0 Å². The number of carbonyl (C=O) groups excluding carboxylic acids is 2. The predicted octanol–water partition coefficient (Wildman–Crippen LogP) is 4.81. The number of hydrogen-bond acceptors (Lipinski definition) is 5. The Morgan fingerprint density at radius 2 is 1.78 bits per heavy atom. The summed E-state index contributed by atoms with van der Waals surface area (Å²) in [7, 11) is 1.61. The number of nitrogens with one attached hydrogen (secondary N) is 1. The molecule has 0 radical (unpaired) electrons. The molecule has 2 aromatic carbocycles. The van der Waals surface area contributed by atoms with Gasteiger partial charge in [0.2, 0.25) is 11.8 Å². The highest BCUT2D eigenvalue weighted by molar-refractivity contribution is 6.30. The number of hydrogen-bond donors (Lipinski definition) is 2. The molecule has 0 aromatic heterocycles. The molecule has 2 unspecified atom stereocenters. The summed E-state index contributed by atoms with van der Waals surface area (Å²) in [4.78, 5) is 27.9. The van der Waals surface area contributed by atoms with Crippen molar-refractivity contribution >= 4 is 23.4 Å². The van der Waals surface area contributed by atoms with E-state index in [1.54, 1.807) is 14.0 Å². The predicted molar refractivity (Wildman–Crippen MR) is 143 cm³/mol. The second kappa shape index (κ2) is 11.7. The molecule has 37 heavy (non-hydrogen) atoms. The van der Waals surface area contributed by atoms with Gasteiger partial charge < -0.3 is 24.8 Å². The minimum absolute atomic E-state index is 0.0263. The molecule has 1 saturated carbocycles. The third-order valence-corrected chi connectivity index (χ3v) is 7.36. The van der Waals surface area contributed by atoms with Crippen LogP contribution in [0.4, 0.5) is 0 Å². The van der Waals surface area contributed by atoms with E-state index in [0.717, 1.165) is 42.4 Å². The van der Waals surface area contributed by atoms with Crippen molar-refractivity contribution in [3.8, 4) is 11.5 Å². The molecule has 1 aliphatic carbocycles. The van der Waals surface area contributed by atoms with Gasteiger partial charge in [0.25, 0.3) is 0 Å². The second-order valence-electron chi connectivity index (χ2n) is 10.4. The van der Waals surface area contributed by atoms with Crippen molar-refractivity contribution in [2.24, 2.45) is 0 Å². The van der Waals surface area contributed by atoms with Crippen molar-refractivity contribution in [2.75, 3.05) is 7.11 Å². The molecule has 2 amide bonds. The summed E-state index contributed by atoms with van der Waals surface area (Å²) in [6.45, 7) is 5.56.